The number of nitrogens with one attached hydrogen (secondary N) is 1. The summed E-state index contributed by atoms with van der Waals surface area (Å²) in [6.07, 6.45) is 1.17. The second-order valence-corrected chi connectivity index (χ2v) is 3.65. The van der Waals surface area contributed by atoms with Crippen LogP contribution in [0.15, 0.2) is 24.3 Å². The van der Waals surface area contributed by atoms with E-state index in [0.29, 0.717) is 6.61 Å². The lowest BCUT2D eigenvalue weighted by Crippen LogP contribution is -2.20. The second kappa shape index (κ2) is 8.13. The molecule has 0 amide bonds. The van der Waals surface area contributed by atoms with E-state index in [1.165, 1.54) is 12.0 Å². The first-order valence-electron chi connectivity index (χ1n) is 5.78. The monoisotopic (exact) mass is 223 g/mol. The Balaban J connectivity index is 2.12. The van der Waals surface area contributed by atoms with Gasteiger partial charge in [0, 0.05) is 6.54 Å². The number of ether oxygens (including phenoxy) is 2. The van der Waals surface area contributed by atoms with Crippen LogP contribution in [0.2, 0.25) is 0 Å². The van der Waals surface area contributed by atoms with Gasteiger partial charge in [-0.3, -0.25) is 0 Å². The van der Waals surface area contributed by atoms with E-state index in [1.54, 1.807) is 7.11 Å². The van der Waals surface area contributed by atoms with Crippen LogP contribution < -0.4 is 10.1 Å². The molecule has 0 fully saturated rings. The Morgan fingerprint density at radius 2 is 1.88 bits per heavy atom. The fourth-order valence-electron chi connectivity index (χ4n) is 1.36. The van der Waals surface area contributed by atoms with Crippen molar-refractivity contribution in [3.63, 3.8) is 0 Å². The molecule has 0 aromatic heterocycles. The molecule has 1 aromatic rings. The molecule has 0 saturated heterocycles. The van der Waals surface area contributed by atoms with Gasteiger partial charge in [0.15, 0.2) is 0 Å². The normalized spacial score (nSPS) is 10.4. The molecule has 1 aromatic carbocycles. The molecule has 0 spiro atoms. The van der Waals surface area contributed by atoms with Crippen LogP contribution in [0.5, 0.6) is 5.75 Å². The molecule has 0 aliphatic rings. The molecule has 3 nitrogen and oxygen atoms in total. The van der Waals surface area contributed by atoms with Gasteiger partial charge in [-0.1, -0.05) is 19.1 Å². The molecule has 3 heteroatoms. The fraction of sp³-hybridized carbons (Fsp3) is 0.538. The Kier molecular flexibility index (Phi) is 6.61. The maximum Gasteiger partial charge on any atom is 0.118 e. The second-order valence-electron chi connectivity index (χ2n) is 3.65. The molecule has 90 valence electrons. The summed E-state index contributed by atoms with van der Waals surface area (Å²) in [6, 6.07) is 7.96. The first-order chi connectivity index (χ1) is 7.86. The van der Waals surface area contributed by atoms with Crippen LogP contribution in [0.4, 0.5) is 0 Å². The quantitative estimate of drug-likeness (QED) is 0.685. The zero-order valence-corrected chi connectivity index (χ0v) is 10.2. The largest absolute Gasteiger partial charge is 0.497 e. The van der Waals surface area contributed by atoms with Gasteiger partial charge in [-0.25, -0.2) is 0 Å². The molecule has 0 bridgehead atoms. The molecule has 0 heterocycles. The van der Waals surface area contributed by atoms with E-state index in [2.05, 4.69) is 12.2 Å². The summed E-state index contributed by atoms with van der Waals surface area (Å²) in [4.78, 5) is 0. The Labute approximate surface area is 97.8 Å². The Morgan fingerprint density at radius 3 is 2.50 bits per heavy atom. The Morgan fingerprint density at radius 1 is 1.12 bits per heavy atom. The number of hydrogen-bond acceptors (Lipinski definition) is 3. The minimum absolute atomic E-state index is 0.664. The minimum Gasteiger partial charge on any atom is -0.497 e. The Hall–Kier alpha value is -1.06. The van der Waals surface area contributed by atoms with E-state index in [4.69, 9.17) is 9.47 Å². The van der Waals surface area contributed by atoms with Gasteiger partial charge in [-0.15, -0.1) is 0 Å². The predicted octanol–water partition coefficient (Wildman–Crippen LogP) is 2.21. The van der Waals surface area contributed by atoms with E-state index in [-0.39, 0.29) is 0 Å². The lowest BCUT2D eigenvalue weighted by Gasteiger charge is -2.06. The summed E-state index contributed by atoms with van der Waals surface area (Å²) in [5.74, 6) is 0.883. The third-order valence-corrected chi connectivity index (χ3v) is 2.28. The highest BCUT2D eigenvalue weighted by molar-refractivity contribution is 5.26. The standard InChI is InChI=1S/C13H21NO2/c1-3-8-14-9-10-16-11-12-4-6-13(15-2)7-5-12/h4-7,14H,3,8-11H2,1-2H3. The average molecular weight is 223 g/mol. The number of methoxy groups -OCH3 is 1. The van der Waals surface area contributed by atoms with Crippen LogP contribution in [0.25, 0.3) is 0 Å². The molecule has 1 N–H and O–H groups in total. The summed E-state index contributed by atoms with van der Waals surface area (Å²) >= 11 is 0. The molecule has 0 saturated carbocycles. The molecule has 0 radical (unpaired) electrons. The maximum absolute atomic E-state index is 5.54. The fourth-order valence-corrected chi connectivity index (χ4v) is 1.36. The van der Waals surface area contributed by atoms with Crippen molar-refractivity contribution in [1.82, 2.24) is 5.32 Å². The van der Waals surface area contributed by atoms with Crippen LogP contribution in [-0.4, -0.2) is 26.8 Å². The van der Waals surface area contributed by atoms with E-state index in [0.717, 1.165) is 25.4 Å². The van der Waals surface area contributed by atoms with Gasteiger partial charge in [0.2, 0.25) is 0 Å². The van der Waals surface area contributed by atoms with Crippen molar-refractivity contribution in [2.24, 2.45) is 0 Å². The highest BCUT2D eigenvalue weighted by Crippen LogP contribution is 2.11. The van der Waals surface area contributed by atoms with Gasteiger partial charge < -0.3 is 14.8 Å². The van der Waals surface area contributed by atoms with Crippen LogP contribution in [0, 0.1) is 0 Å². The van der Waals surface area contributed by atoms with E-state index in [1.807, 2.05) is 24.3 Å². The van der Waals surface area contributed by atoms with Crippen LogP contribution >= 0.6 is 0 Å². The SMILES string of the molecule is CCCNCCOCc1ccc(OC)cc1. The van der Waals surface area contributed by atoms with Crippen molar-refractivity contribution in [2.75, 3.05) is 26.8 Å². The summed E-state index contributed by atoms with van der Waals surface area (Å²) in [5.41, 5.74) is 1.18. The van der Waals surface area contributed by atoms with Crippen molar-refractivity contribution in [3.05, 3.63) is 29.8 Å². The summed E-state index contributed by atoms with van der Waals surface area (Å²) in [5, 5.41) is 3.29. The third-order valence-electron chi connectivity index (χ3n) is 2.28. The zero-order valence-electron chi connectivity index (χ0n) is 10.2. The number of benzene rings is 1. The smallest absolute Gasteiger partial charge is 0.118 e. The van der Waals surface area contributed by atoms with E-state index in [9.17, 15) is 0 Å². The van der Waals surface area contributed by atoms with Crippen molar-refractivity contribution in [3.8, 4) is 5.75 Å². The van der Waals surface area contributed by atoms with E-state index < -0.39 is 0 Å². The van der Waals surface area contributed by atoms with Crippen molar-refractivity contribution < 1.29 is 9.47 Å². The summed E-state index contributed by atoms with van der Waals surface area (Å²) < 4.78 is 10.6. The van der Waals surface area contributed by atoms with E-state index >= 15 is 0 Å². The van der Waals surface area contributed by atoms with Crippen molar-refractivity contribution in [1.29, 1.82) is 0 Å². The summed E-state index contributed by atoms with van der Waals surface area (Å²) in [7, 11) is 1.67. The van der Waals surface area contributed by atoms with Crippen LogP contribution in [0.3, 0.4) is 0 Å². The highest BCUT2D eigenvalue weighted by atomic mass is 16.5. The lowest BCUT2D eigenvalue weighted by atomic mass is 10.2. The van der Waals surface area contributed by atoms with Crippen molar-refractivity contribution >= 4 is 0 Å². The topological polar surface area (TPSA) is 30.5 Å². The van der Waals surface area contributed by atoms with Gasteiger partial charge in [-0.05, 0) is 30.7 Å². The third kappa shape index (κ3) is 5.14. The van der Waals surface area contributed by atoms with Gasteiger partial charge in [-0.2, -0.15) is 0 Å². The maximum atomic E-state index is 5.54. The molecular weight excluding hydrogens is 202 g/mol. The van der Waals surface area contributed by atoms with Crippen LogP contribution in [-0.2, 0) is 11.3 Å². The van der Waals surface area contributed by atoms with Gasteiger partial charge in [0.1, 0.15) is 5.75 Å². The molecule has 1 rings (SSSR count). The zero-order chi connectivity index (χ0) is 11.6. The predicted molar refractivity (Wildman–Crippen MR) is 65.8 cm³/mol. The molecule has 0 atom stereocenters. The molecule has 0 aliphatic carbocycles. The van der Waals surface area contributed by atoms with Gasteiger partial charge in [0.05, 0.1) is 20.3 Å². The summed E-state index contributed by atoms with van der Waals surface area (Å²) in [6.45, 7) is 5.56. The molecular formula is C13H21NO2. The van der Waals surface area contributed by atoms with Gasteiger partial charge >= 0.3 is 0 Å². The van der Waals surface area contributed by atoms with Crippen LogP contribution in [0.1, 0.15) is 18.9 Å². The Bertz CT molecular complexity index is 272. The molecule has 0 unspecified atom stereocenters. The number of hydrogen-bond donors (Lipinski definition) is 1. The van der Waals surface area contributed by atoms with Crippen molar-refractivity contribution in [2.45, 2.75) is 20.0 Å². The first kappa shape index (κ1) is 13.0. The minimum atomic E-state index is 0.664. The molecule has 0 aliphatic heterocycles. The number of rotatable bonds is 8. The highest BCUT2D eigenvalue weighted by Gasteiger charge is 1.94. The molecule has 16 heavy (non-hydrogen) atoms. The lowest BCUT2D eigenvalue weighted by molar-refractivity contribution is 0.123. The van der Waals surface area contributed by atoms with Gasteiger partial charge in [0.25, 0.3) is 0 Å². The first-order valence-corrected chi connectivity index (χ1v) is 5.78. The average Bonchev–Trinajstić information content (AvgIpc) is 2.34.